The van der Waals surface area contributed by atoms with Crippen LogP contribution in [0.4, 0.5) is 11.6 Å². The van der Waals surface area contributed by atoms with Crippen molar-refractivity contribution >= 4 is 23.4 Å². The predicted octanol–water partition coefficient (Wildman–Crippen LogP) is 1.22. The van der Waals surface area contributed by atoms with Crippen molar-refractivity contribution in [2.24, 2.45) is 5.73 Å². The summed E-state index contributed by atoms with van der Waals surface area (Å²) in [7, 11) is 0. The normalized spacial score (nSPS) is 14.0. The van der Waals surface area contributed by atoms with Gasteiger partial charge in [0.1, 0.15) is 11.6 Å². The Balaban J connectivity index is 2.27. The largest absolute Gasteiger partial charge is 0.383 e. The van der Waals surface area contributed by atoms with Crippen molar-refractivity contribution in [1.82, 2.24) is 15.0 Å². The second-order valence-electron chi connectivity index (χ2n) is 4.15. The Morgan fingerprint density at radius 3 is 2.37 bits per heavy atom. The van der Waals surface area contributed by atoms with Crippen LogP contribution in [-0.2, 0) is 0 Å². The molecule has 2 unspecified atom stereocenters. The van der Waals surface area contributed by atoms with Crippen LogP contribution in [-0.4, -0.2) is 21.0 Å². The van der Waals surface area contributed by atoms with Crippen LogP contribution in [0.5, 0.6) is 0 Å². The Hall–Kier alpha value is -1.86. The highest BCUT2D eigenvalue weighted by Gasteiger charge is 2.20. The smallest absolute Gasteiger partial charge is 0.192 e. The third-order valence-electron chi connectivity index (χ3n) is 2.43. The average Bonchev–Trinajstić information content (AvgIpc) is 2.35. The van der Waals surface area contributed by atoms with Crippen LogP contribution in [0.3, 0.4) is 0 Å². The highest BCUT2D eigenvalue weighted by molar-refractivity contribution is 7.99. The van der Waals surface area contributed by atoms with Crippen molar-refractivity contribution < 1.29 is 0 Å². The van der Waals surface area contributed by atoms with Gasteiger partial charge in [0.25, 0.3) is 0 Å². The van der Waals surface area contributed by atoms with E-state index in [-0.39, 0.29) is 11.3 Å². The molecule has 0 fully saturated rings. The number of nitrogens with two attached hydrogens (primary N) is 3. The van der Waals surface area contributed by atoms with Gasteiger partial charge in [-0.25, -0.2) is 9.97 Å². The summed E-state index contributed by atoms with van der Waals surface area (Å²) in [6.45, 7) is 1.92. The van der Waals surface area contributed by atoms with Gasteiger partial charge in [0.05, 0.1) is 10.9 Å². The van der Waals surface area contributed by atoms with Crippen molar-refractivity contribution in [3.63, 3.8) is 0 Å². The number of nitrogen functional groups attached to an aromatic ring is 2. The van der Waals surface area contributed by atoms with E-state index in [2.05, 4.69) is 15.0 Å². The number of pyridine rings is 1. The van der Waals surface area contributed by atoms with Gasteiger partial charge in [0.15, 0.2) is 5.16 Å². The molecule has 0 aromatic carbocycles. The molecular weight excluding hydrogens is 260 g/mol. The molecule has 2 aromatic heterocycles. The zero-order valence-electron chi connectivity index (χ0n) is 10.5. The summed E-state index contributed by atoms with van der Waals surface area (Å²) < 4.78 is 0. The molecule has 7 heteroatoms. The quantitative estimate of drug-likeness (QED) is 0.567. The van der Waals surface area contributed by atoms with Crippen molar-refractivity contribution in [2.45, 2.75) is 23.4 Å². The second-order valence-corrected chi connectivity index (χ2v) is 5.26. The molecule has 0 amide bonds. The number of aromatic nitrogens is 3. The van der Waals surface area contributed by atoms with E-state index in [0.717, 1.165) is 5.69 Å². The molecule has 0 saturated carbocycles. The van der Waals surface area contributed by atoms with Crippen molar-refractivity contribution in [3.8, 4) is 0 Å². The Morgan fingerprint density at radius 1 is 1.16 bits per heavy atom. The summed E-state index contributed by atoms with van der Waals surface area (Å²) in [5.74, 6) is 0.693. The van der Waals surface area contributed by atoms with Crippen LogP contribution in [0.25, 0.3) is 0 Å². The molecular formula is C12H16N6S. The van der Waals surface area contributed by atoms with Gasteiger partial charge in [-0.3, -0.25) is 4.98 Å². The molecule has 2 heterocycles. The summed E-state index contributed by atoms with van der Waals surface area (Å²) in [4.78, 5) is 12.6. The minimum Gasteiger partial charge on any atom is -0.383 e. The summed E-state index contributed by atoms with van der Waals surface area (Å²) in [6, 6.07) is 7.13. The number of nitrogens with zero attached hydrogens (tertiary/aromatic N) is 3. The fraction of sp³-hybridized carbons (Fsp3) is 0.250. The number of hydrogen-bond acceptors (Lipinski definition) is 7. The third-order valence-corrected chi connectivity index (χ3v) is 3.75. The maximum absolute atomic E-state index is 6.01. The lowest BCUT2D eigenvalue weighted by molar-refractivity contribution is 0.702. The van der Waals surface area contributed by atoms with Crippen molar-refractivity contribution in [3.05, 3.63) is 36.2 Å². The Morgan fingerprint density at radius 2 is 1.84 bits per heavy atom. The Bertz CT molecular complexity index is 525. The van der Waals surface area contributed by atoms with E-state index >= 15 is 0 Å². The number of anilines is 2. The van der Waals surface area contributed by atoms with Gasteiger partial charge in [-0.1, -0.05) is 17.8 Å². The SMILES string of the molecule is CC(N)C(Sc1nc(N)cc(N)n1)c1ccccn1. The summed E-state index contributed by atoms with van der Waals surface area (Å²) >= 11 is 1.41. The monoisotopic (exact) mass is 276 g/mol. The van der Waals surface area contributed by atoms with Gasteiger partial charge in [0.2, 0.25) is 0 Å². The summed E-state index contributed by atoms with van der Waals surface area (Å²) in [5, 5.41) is 0.452. The van der Waals surface area contributed by atoms with Crippen LogP contribution in [0, 0.1) is 0 Å². The molecule has 0 spiro atoms. The maximum atomic E-state index is 6.01. The minimum absolute atomic E-state index is 0.0533. The zero-order chi connectivity index (χ0) is 13.8. The van der Waals surface area contributed by atoms with Gasteiger partial charge >= 0.3 is 0 Å². The van der Waals surface area contributed by atoms with Crippen molar-refractivity contribution in [2.75, 3.05) is 11.5 Å². The first-order chi connectivity index (χ1) is 9.06. The molecule has 0 aliphatic heterocycles. The topological polar surface area (TPSA) is 117 Å². The molecule has 2 atom stereocenters. The van der Waals surface area contributed by atoms with E-state index in [4.69, 9.17) is 17.2 Å². The molecule has 19 heavy (non-hydrogen) atoms. The molecule has 0 aliphatic carbocycles. The number of hydrogen-bond donors (Lipinski definition) is 3. The first kappa shape index (κ1) is 13.6. The summed E-state index contributed by atoms with van der Waals surface area (Å²) in [5.41, 5.74) is 18.2. The molecule has 0 bridgehead atoms. The zero-order valence-corrected chi connectivity index (χ0v) is 11.3. The van der Waals surface area contributed by atoms with Crippen LogP contribution in [0.2, 0.25) is 0 Å². The lowest BCUT2D eigenvalue weighted by Gasteiger charge is -2.18. The fourth-order valence-corrected chi connectivity index (χ4v) is 2.63. The van der Waals surface area contributed by atoms with Crippen molar-refractivity contribution in [1.29, 1.82) is 0 Å². The first-order valence-electron chi connectivity index (χ1n) is 5.79. The van der Waals surface area contributed by atoms with Crippen LogP contribution < -0.4 is 17.2 Å². The van der Waals surface area contributed by atoms with Crippen LogP contribution in [0.1, 0.15) is 17.9 Å². The molecule has 0 saturated heterocycles. The van der Waals surface area contributed by atoms with Gasteiger partial charge in [0, 0.05) is 18.3 Å². The van der Waals surface area contributed by atoms with E-state index < -0.39 is 0 Å². The third kappa shape index (κ3) is 3.55. The predicted molar refractivity (Wildman–Crippen MR) is 77.3 cm³/mol. The lowest BCUT2D eigenvalue weighted by Crippen LogP contribution is -2.23. The van der Waals surface area contributed by atoms with Crippen LogP contribution >= 0.6 is 11.8 Å². The standard InChI is InChI=1S/C12H16N6S/c1-7(13)11(8-4-2-3-5-16-8)19-12-17-9(14)6-10(15)18-12/h2-7,11H,13H2,1H3,(H4,14,15,17,18). The maximum Gasteiger partial charge on any atom is 0.192 e. The Kier molecular flexibility index (Phi) is 4.18. The molecule has 0 radical (unpaired) electrons. The van der Waals surface area contributed by atoms with Gasteiger partial charge < -0.3 is 17.2 Å². The molecule has 6 N–H and O–H groups in total. The average molecular weight is 276 g/mol. The molecule has 0 aliphatic rings. The van der Waals surface area contributed by atoms with E-state index in [0.29, 0.717) is 16.8 Å². The van der Waals surface area contributed by atoms with Gasteiger partial charge in [-0.2, -0.15) is 0 Å². The molecule has 100 valence electrons. The summed E-state index contributed by atoms with van der Waals surface area (Å²) in [6.07, 6.45) is 1.74. The van der Waals surface area contributed by atoms with E-state index in [9.17, 15) is 0 Å². The van der Waals surface area contributed by atoms with Gasteiger partial charge in [-0.15, -0.1) is 0 Å². The first-order valence-corrected chi connectivity index (χ1v) is 6.67. The molecule has 6 nitrogen and oxygen atoms in total. The Labute approximate surface area is 115 Å². The van der Waals surface area contributed by atoms with Gasteiger partial charge in [-0.05, 0) is 19.1 Å². The minimum atomic E-state index is -0.105. The number of rotatable bonds is 4. The van der Waals surface area contributed by atoms with E-state index in [1.165, 1.54) is 17.8 Å². The fourth-order valence-electron chi connectivity index (χ4n) is 1.61. The lowest BCUT2D eigenvalue weighted by atomic mass is 10.2. The highest BCUT2D eigenvalue weighted by Crippen LogP contribution is 2.34. The highest BCUT2D eigenvalue weighted by atomic mass is 32.2. The second kappa shape index (κ2) is 5.85. The number of thioether (sulfide) groups is 1. The molecule has 2 aromatic rings. The van der Waals surface area contributed by atoms with E-state index in [1.807, 2.05) is 25.1 Å². The molecule has 2 rings (SSSR count). The van der Waals surface area contributed by atoms with Crippen LogP contribution in [0.15, 0.2) is 35.6 Å². The van der Waals surface area contributed by atoms with E-state index in [1.54, 1.807) is 6.20 Å².